The van der Waals surface area contributed by atoms with Crippen LogP contribution in [0.1, 0.15) is 33.6 Å². The van der Waals surface area contributed by atoms with Crippen LogP contribution in [0.15, 0.2) is 72.8 Å². The molecule has 2 aliphatic heterocycles. The average molecular weight is 820 g/mol. The molecule has 4 aromatic rings. The van der Waals surface area contributed by atoms with Gasteiger partial charge in [-0.05, 0) is 93.6 Å². The molecule has 2 atom stereocenters. The summed E-state index contributed by atoms with van der Waals surface area (Å²) in [4.78, 5) is 13.4. The van der Waals surface area contributed by atoms with Gasteiger partial charge >= 0.3 is 6.09 Å². The summed E-state index contributed by atoms with van der Waals surface area (Å²) >= 11 is 3.44. The normalized spacial score (nSPS) is 16.4. The largest absolute Gasteiger partial charge is 0.508 e. The lowest BCUT2D eigenvalue weighted by molar-refractivity contribution is 0.0289. The van der Waals surface area contributed by atoms with Crippen molar-refractivity contribution in [3.05, 3.63) is 96.1 Å². The van der Waals surface area contributed by atoms with Crippen LogP contribution < -0.4 is 19.5 Å². The van der Waals surface area contributed by atoms with Crippen molar-refractivity contribution in [1.29, 1.82) is 0 Å². The zero-order valence-electron chi connectivity index (χ0n) is 31.1. The number of rotatable bonds is 8. The van der Waals surface area contributed by atoms with Crippen LogP contribution in [0.3, 0.4) is 0 Å². The summed E-state index contributed by atoms with van der Waals surface area (Å²) in [6, 6.07) is 17.7. The Labute approximate surface area is 322 Å². The first kappa shape index (κ1) is 42.3. The van der Waals surface area contributed by atoms with Gasteiger partial charge < -0.3 is 34.3 Å². The molecular formula is C41H47BrF4N2O6. The summed E-state index contributed by atoms with van der Waals surface area (Å²) < 4.78 is 74.2. The van der Waals surface area contributed by atoms with Gasteiger partial charge in [0.15, 0.2) is 23.3 Å². The molecule has 4 aromatic carbocycles. The average Bonchev–Trinajstić information content (AvgIpc) is 3.86. The number of hydrogen-bond donors (Lipinski definition) is 2. The Morgan fingerprint density at radius 3 is 1.78 bits per heavy atom. The molecule has 1 amide bonds. The molecule has 2 saturated heterocycles. The topological polar surface area (TPSA) is 89.5 Å². The Morgan fingerprint density at radius 1 is 0.815 bits per heavy atom. The fourth-order valence-electron chi connectivity index (χ4n) is 5.74. The van der Waals surface area contributed by atoms with E-state index in [0.717, 1.165) is 79.9 Å². The number of alkyl halides is 1. The number of carbonyl (C=O) groups is 1. The first-order chi connectivity index (χ1) is 25.7. The molecule has 2 fully saturated rings. The first-order valence-corrected chi connectivity index (χ1v) is 18.7. The minimum atomic E-state index is -0.954. The van der Waals surface area contributed by atoms with Crippen molar-refractivity contribution in [1.82, 2.24) is 10.2 Å². The standard InChI is InChI=1S/C18H19F2NO2.C13H10F2O2.C10H18BrNO2/c1-22-18-9-17(20)16(19)8-15(18)13-2-4-14(5-3-13)23-11-12-6-7-21-10-12;1-17-13-7-12(15)11(14)6-10(13)8-2-4-9(16)5-3-8;1-10(2,3)14-9(13)12-5-4-8(6-11)7-12/h2-5,8-9,12,21H,6-7,10-11H2,1H3;2-7,16H,1H3;8H,4-7H2,1-3H3. The molecule has 13 heteroatoms. The molecule has 2 unspecified atom stereocenters. The number of halogens is 5. The van der Waals surface area contributed by atoms with E-state index in [2.05, 4.69) is 21.2 Å². The molecule has 2 N–H and O–H groups in total. The van der Waals surface area contributed by atoms with E-state index in [1.165, 1.54) is 26.4 Å². The van der Waals surface area contributed by atoms with Gasteiger partial charge in [0.25, 0.3) is 0 Å². The van der Waals surface area contributed by atoms with Gasteiger partial charge in [0.1, 0.15) is 28.6 Å². The second-order valence-corrected chi connectivity index (χ2v) is 14.6. The van der Waals surface area contributed by atoms with Crippen LogP contribution in [-0.2, 0) is 4.74 Å². The predicted molar refractivity (Wildman–Crippen MR) is 205 cm³/mol. The molecule has 8 nitrogen and oxygen atoms in total. The minimum Gasteiger partial charge on any atom is -0.508 e. The molecular weight excluding hydrogens is 772 g/mol. The van der Waals surface area contributed by atoms with Crippen LogP contribution >= 0.6 is 15.9 Å². The molecule has 0 radical (unpaired) electrons. The van der Waals surface area contributed by atoms with E-state index in [1.54, 1.807) is 17.0 Å². The summed E-state index contributed by atoms with van der Waals surface area (Å²) in [5.41, 5.74) is 1.95. The second kappa shape index (κ2) is 19.7. The lowest BCUT2D eigenvalue weighted by Crippen LogP contribution is -2.35. The lowest BCUT2D eigenvalue weighted by Gasteiger charge is -2.24. The number of phenols is 1. The molecule has 0 aromatic heterocycles. The number of ether oxygens (including phenoxy) is 4. The Kier molecular flexibility index (Phi) is 15.4. The lowest BCUT2D eigenvalue weighted by atomic mass is 10.0. The highest BCUT2D eigenvalue weighted by Crippen LogP contribution is 2.34. The summed E-state index contributed by atoms with van der Waals surface area (Å²) in [5.74, 6) is -1.16. The van der Waals surface area contributed by atoms with E-state index in [-0.39, 0.29) is 23.2 Å². The summed E-state index contributed by atoms with van der Waals surface area (Å²) in [5, 5.41) is 13.4. The number of phenolic OH excluding ortho intramolecular Hbond substituents is 1. The zero-order chi connectivity index (χ0) is 39.4. The third-order valence-corrected chi connectivity index (χ3v) is 9.55. The van der Waals surface area contributed by atoms with E-state index in [4.69, 9.17) is 24.1 Å². The van der Waals surface area contributed by atoms with Gasteiger partial charge in [0.05, 0.1) is 20.8 Å². The van der Waals surface area contributed by atoms with E-state index in [9.17, 15) is 22.4 Å². The SMILES string of the molecule is CC(C)(C)OC(=O)N1CCC(CBr)C1.COc1cc(F)c(F)cc1-c1ccc(O)cc1.COc1cc(F)c(F)cc1-c1ccc(OCC2CCNC2)cc1. The molecule has 0 bridgehead atoms. The quantitative estimate of drug-likeness (QED) is 0.135. The van der Waals surface area contributed by atoms with Gasteiger partial charge in [-0.25, -0.2) is 22.4 Å². The van der Waals surface area contributed by atoms with Crippen molar-refractivity contribution in [2.75, 3.05) is 52.3 Å². The number of carbonyl (C=O) groups excluding carboxylic acids is 1. The van der Waals surface area contributed by atoms with Crippen LogP contribution in [0, 0.1) is 35.1 Å². The van der Waals surface area contributed by atoms with Gasteiger partial charge in [0.2, 0.25) is 0 Å². The maximum atomic E-state index is 13.5. The zero-order valence-corrected chi connectivity index (χ0v) is 32.7. The van der Waals surface area contributed by atoms with Gasteiger partial charge in [0, 0.05) is 54.1 Å². The molecule has 0 saturated carbocycles. The highest BCUT2D eigenvalue weighted by atomic mass is 79.9. The summed E-state index contributed by atoms with van der Waals surface area (Å²) in [6.07, 6.45) is 2.02. The fraction of sp³-hybridized carbons (Fsp3) is 0.390. The number of likely N-dealkylation sites (tertiary alicyclic amines) is 1. The number of methoxy groups -OCH3 is 2. The third-order valence-electron chi connectivity index (χ3n) is 8.63. The van der Waals surface area contributed by atoms with E-state index < -0.39 is 23.3 Å². The van der Waals surface area contributed by atoms with Crippen molar-refractivity contribution in [2.24, 2.45) is 11.8 Å². The Balaban J connectivity index is 0.000000187. The summed E-state index contributed by atoms with van der Waals surface area (Å²) in [6.45, 7) is 10.0. The highest BCUT2D eigenvalue weighted by molar-refractivity contribution is 9.09. The monoisotopic (exact) mass is 818 g/mol. The Bertz CT molecular complexity index is 1820. The van der Waals surface area contributed by atoms with E-state index in [0.29, 0.717) is 40.9 Å². The minimum absolute atomic E-state index is 0.107. The van der Waals surface area contributed by atoms with Crippen LogP contribution in [0.25, 0.3) is 22.3 Å². The van der Waals surface area contributed by atoms with Gasteiger partial charge in [-0.15, -0.1) is 0 Å². The van der Waals surface area contributed by atoms with Crippen LogP contribution in [0.5, 0.6) is 23.0 Å². The number of benzene rings is 4. The van der Waals surface area contributed by atoms with E-state index >= 15 is 0 Å². The first-order valence-electron chi connectivity index (χ1n) is 17.5. The predicted octanol–water partition coefficient (Wildman–Crippen LogP) is 9.61. The van der Waals surface area contributed by atoms with Crippen LogP contribution in [-0.4, -0.2) is 74.0 Å². The molecule has 2 aliphatic rings. The van der Waals surface area contributed by atoms with E-state index in [1.807, 2.05) is 45.0 Å². The number of aromatic hydroxyl groups is 1. The Morgan fingerprint density at radius 2 is 1.33 bits per heavy atom. The second-order valence-electron chi connectivity index (χ2n) is 13.9. The van der Waals surface area contributed by atoms with Crippen molar-refractivity contribution >= 4 is 22.0 Å². The maximum Gasteiger partial charge on any atom is 0.410 e. The molecule has 54 heavy (non-hydrogen) atoms. The maximum absolute atomic E-state index is 13.5. The molecule has 2 heterocycles. The van der Waals surface area contributed by atoms with Gasteiger partial charge in [-0.3, -0.25) is 0 Å². The number of hydrogen-bond acceptors (Lipinski definition) is 7. The molecule has 0 spiro atoms. The fourth-order valence-corrected chi connectivity index (χ4v) is 6.27. The molecule has 6 rings (SSSR count). The van der Waals surface area contributed by atoms with Gasteiger partial charge in [-0.1, -0.05) is 40.2 Å². The molecule has 0 aliphatic carbocycles. The Hall–Kier alpha value is -4.49. The van der Waals surface area contributed by atoms with Crippen molar-refractivity contribution in [3.63, 3.8) is 0 Å². The van der Waals surface area contributed by atoms with Crippen molar-refractivity contribution < 1.29 is 46.4 Å². The number of nitrogens with zero attached hydrogens (tertiary/aromatic N) is 1. The smallest absolute Gasteiger partial charge is 0.410 e. The molecule has 292 valence electrons. The highest BCUT2D eigenvalue weighted by Gasteiger charge is 2.29. The van der Waals surface area contributed by atoms with Crippen LogP contribution in [0.4, 0.5) is 22.4 Å². The third kappa shape index (κ3) is 12.3. The number of nitrogens with one attached hydrogen (secondary N) is 1. The van der Waals surface area contributed by atoms with Gasteiger partial charge in [-0.2, -0.15) is 0 Å². The summed E-state index contributed by atoms with van der Waals surface area (Å²) in [7, 11) is 2.82. The number of amides is 1. The van der Waals surface area contributed by atoms with Crippen molar-refractivity contribution in [3.8, 4) is 45.3 Å². The van der Waals surface area contributed by atoms with Crippen LogP contribution in [0.2, 0.25) is 0 Å². The van der Waals surface area contributed by atoms with Crippen molar-refractivity contribution in [2.45, 2.75) is 39.2 Å².